The summed E-state index contributed by atoms with van der Waals surface area (Å²) in [5.41, 5.74) is 2.33. The Kier molecular flexibility index (Phi) is 3.09. The van der Waals surface area contributed by atoms with E-state index < -0.39 is 0 Å². The standard InChI is InChI=1S/C9H14OS/c1-3-4-9(10)8-6-11-5-7(8)2/h5-6,9-10H,3-4H2,1-2H3/t9-/m0/s1. The Balaban J connectivity index is 2.67. The molecule has 0 aliphatic heterocycles. The molecule has 0 saturated heterocycles. The summed E-state index contributed by atoms with van der Waals surface area (Å²) in [4.78, 5) is 0. The Morgan fingerprint density at radius 1 is 1.55 bits per heavy atom. The van der Waals surface area contributed by atoms with Gasteiger partial charge in [-0.1, -0.05) is 13.3 Å². The lowest BCUT2D eigenvalue weighted by molar-refractivity contribution is 0.166. The highest BCUT2D eigenvalue weighted by Gasteiger charge is 2.08. The number of aliphatic hydroxyl groups is 1. The van der Waals surface area contributed by atoms with Crippen molar-refractivity contribution in [1.29, 1.82) is 0 Å². The van der Waals surface area contributed by atoms with Crippen molar-refractivity contribution in [2.45, 2.75) is 32.8 Å². The zero-order valence-corrected chi connectivity index (χ0v) is 7.82. The summed E-state index contributed by atoms with van der Waals surface area (Å²) in [6.45, 7) is 4.13. The fourth-order valence-corrected chi connectivity index (χ4v) is 2.04. The van der Waals surface area contributed by atoms with Gasteiger partial charge in [0.05, 0.1) is 6.10 Å². The third kappa shape index (κ3) is 2.04. The number of thiophene rings is 1. The van der Waals surface area contributed by atoms with Gasteiger partial charge in [-0.2, -0.15) is 11.3 Å². The molecule has 1 atom stereocenters. The second-order valence-corrected chi connectivity index (χ2v) is 3.56. The van der Waals surface area contributed by atoms with E-state index in [1.165, 1.54) is 5.56 Å². The zero-order chi connectivity index (χ0) is 8.27. The van der Waals surface area contributed by atoms with Gasteiger partial charge in [-0.05, 0) is 35.2 Å². The van der Waals surface area contributed by atoms with Gasteiger partial charge >= 0.3 is 0 Å². The van der Waals surface area contributed by atoms with Gasteiger partial charge in [0.25, 0.3) is 0 Å². The highest BCUT2D eigenvalue weighted by Crippen LogP contribution is 2.24. The van der Waals surface area contributed by atoms with Crippen LogP contribution in [0.25, 0.3) is 0 Å². The third-order valence-electron chi connectivity index (χ3n) is 1.82. The predicted molar refractivity (Wildman–Crippen MR) is 48.9 cm³/mol. The largest absolute Gasteiger partial charge is 0.388 e. The first-order valence-electron chi connectivity index (χ1n) is 3.96. The number of hydrogen-bond donors (Lipinski definition) is 1. The lowest BCUT2D eigenvalue weighted by Crippen LogP contribution is -1.95. The topological polar surface area (TPSA) is 20.2 Å². The lowest BCUT2D eigenvalue weighted by atomic mass is 10.1. The Morgan fingerprint density at radius 3 is 2.73 bits per heavy atom. The minimum atomic E-state index is -0.244. The fourth-order valence-electron chi connectivity index (χ4n) is 1.14. The van der Waals surface area contributed by atoms with Crippen LogP contribution in [-0.2, 0) is 0 Å². The smallest absolute Gasteiger partial charge is 0.0800 e. The van der Waals surface area contributed by atoms with Gasteiger partial charge in [-0.25, -0.2) is 0 Å². The molecule has 0 aliphatic rings. The molecule has 0 fully saturated rings. The van der Waals surface area contributed by atoms with E-state index >= 15 is 0 Å². The van der Waals surface area contributed by atoms with Crippen LogP contribution in [0.2, 0.25) is 0 Å². The first-order chi connectivity index (χ1) is 5.25. The summed E-state index contributed by atoms with van der Waals surface area (Å²) in [6.07, 6.45) is 1.67. The van der Waals surface area contributed by atoms with Gasteiger partial charge in [0.1, 0.15) is 0 Å². The van der Waals surface area contributed by atoms with Gasteiger partial charge in [0.2, 0.25) is 0 Å². The molecule has 2 heteroatoms. The first kappa shape index (κ1) is 8.75. The summed E-state index contributed by atoms with van der Waals surface area (Å²) >= 11 is 1.66. The van der Waals surface area contributed by atoms with E-state index in [0.717, 1.165) is 18.4 Å². The number of aryl methyl sites for hydroxylation is 1. The SMILES string of the molecule is CCC[C@H](O)c1cscc1C. The van der Waals surface area contributed by atoms with Crippen LogP contribution in [0.3, 0.4) is 0 Å². The van der Waals surface area contributed by atoms with Crippen molar-refractivity contribution in [3.63, 3.8) is 0 Å². The van der Waals surface area contributed by atoms with E-state index in [1.54, 1.807) is 11.3 Å². The molecule has 62 valence electrons. The van der Waals surface area contributed by atoms with Crippen LogP contribution < -0.4 is 0 Å². The van der Waals surface area contributed by atoms with E-state index in [2.05, 4.69) is 12.3 Å². The van der Waals surface area contributed by atoms with Gasteiger partial charge in [0, 0.05) is 0 Å². The van der Waals surface area contributed by atoms with E-state index in [4.69, 9.17) is 0 Å². The zero-order valence-electron chi connectivity index (χ0n) is 7.00. The molecule has 0 amide bonds. The quantitative estimate of drug-likeness (QED) is 0.739. The maximum atomic E-state index is 9.60. The Bertz CT molecular complexity index is 217. The van der Waals surface area contributed by atoms with Crippen LogP contribution >= 0.6 is 11.3 Å². The van der Waals surface area contributed by atoms with Crippen LogP contribution in [0.1, 0.15) is 37.0 Å². The third-order valence-corrected chi connectivity index (χ3v) is 2.70. The van der Waals surface area contributed by atoms with E-state index in [1.807, 2.05) is 12.3 Å². The Hall–Kier alpha value is -0.340. The average Bonchev–Trinajstić information content (AvgIpc) is 2.36. The van der Waals surface area contributed by atoms with Crippen LogP contribution in [0, 0.1) is 6.92 Å². The molecule has 1 aromatic heterocycles. The van der Waals surface area contributed by atoms with Crippen LogP contribution in [0.4, 0.5) is 0 Å². The van der Waals surface area contributed by atoms with Crippen molar-refractivity contribution in [2.24, 2.45) is 0 Å². The van der Waals surface area contributed by atoms with Crippen LogP contribution in [-0.4, -0.2) is 5.11 Å². The second kappa shape index (κ2) is 3.88. The fraction of sp³-hybridized carbons (Fsp3) is 0.556. The molecule has 0 bridgehead atoms. The first-order valence-corrected chi connectivity index (χ1v) is 4.90. The molecular weight excluding hydrogens is 156 g/mol. The molecule has 1 rings (SSSR count). The maximum absolute atomic E-state index is 9.60. The van der Waals surface area contributed by atoms with Crippen molar-refractivity contribution in [1.82, 2.24) is 0 Å². The number of hydrogen-bond acceptors (Lipinski definition) is 2. The Morgan fingerprint density at radius 2 is 2.27 bits per heavy atom. The predicted octanol–water partition coefficient (Wildman–Crippen LogP) is 2.89. The maximum Gasteiger partial charge on any atom is 0.0800 e. The van der Waals surface area contributed by atoms with Crippen LogP contribution in [0.5, 0.6) is 0 Å². The second-order valence-electron chi connectivity index (χ2n) is 2.81. The Labute approximate surface area is 71.7 Å². The van der Waals surface area contributed by atoms with Gasteiger partial charge in [-0.15, -0.1) is 0 Å². The molecule has 0 saturated carbocycles. The minimum Gasteiger partial charge on any atom is -0.388 e. The molecule has 1 nitrogen and oxygen atoms in total. The molecule has 1 heterocycles. The normalized spacial score (nSPS) is 13.4. The molecule has 0 aromatic carbocycles. The molecule has 0 spiro atoms. The molecule has 1 aromatic rings. The van der Waals surface area contributed by atoms with Crippen molar-refractivity contribution >= 4 is 11.3 Å². The molecule has 1 N–H and O–H groups in total. The van der Waals surface area contributed by atoms with Gasteiger partial charge < -0.3 is 5.11 Å². The molecule has 0 radical (unpaired) electrons. The average molecular weight is 170 g/mol. The molecule has 11 heavy (non-hydrogen) atoms. The lowest BCUT2D eigenvalue weighted by Gasteiger charge is -2.07. The van der Waals surface area contributed by atoms with Crippen LogP contribution in [0.15, 0.2) is 10.8 Å². The number of aliphatic hydroxyl groups excluding tert-OH is 1. The minimum absolute atomic E-state index is 0.244. The highest BCUT2D eigenvalue weighted by molar-refractivity contribution is 7.08. The van der Waals surface area contributed by atoms with Gasteiger partial charge in [-0.3, -0.25) is 0 Å². The molecule has 0 unspecified atom stereocenters. The van der Waals surface area contributed by atoms with Crippen molar-refractivity contribution in [3.8, 4) is 0 Å². The highest BCUT2D eigenvalue weighted by atomic mass is 32.1. The van der Waals surface area contributed by atoms with E-state index in [-0.39, 0.29) is 6.10 Å². The van der Waals surface area contributed by atoms with Gasteiger partial charge in [0.15, 0.2) is 0 Å². The summed E-state index contributed by atoms with van der Waals surface area (Å²) in [6, 6.07) is 0. The molecular formula is C9H14OS. The number of rotatable bonds is 3. The molecule has 0 aliphatic carbocycles. The summed E-state index contributed by atoms with van der Waals surface area (Å²) in [5.74, 6) is 0. The summed E-state index contributed by atoms with van der Waals surface area (Å²) < 4.78 is 0. The van der Waals surface area contributed by atoms with E-state index in [0.29, 0.717) is 0 Å². The van der Waals surface area contributed by atoms with Crippen molar-refractivity contribution in [3.05, 3.63) is 21.9 Å². The van der Waals surface area contributed by atoms with Crippen molar-refractivity contribution < 1.29 is 5.11 Å². The van der Waals surface area contributed by atoms with E-state index in [9.17, 15) is 5.11 Å². The van der Waals surface area contributed by atoms with Crippen molar-refractivity contribution in [2.75, 3.05) is 0 Å². The summed E-state index contributed by atoms with van der Waals surface area (Å²) in [5, 5.41) is 13.7. The summed E-state index contributed by atoms with van der Waals surface area (Å²) in [7, 11) is 0. The monoisotopic (exact) mass is 170 g/mol.